The zero-order valence-corrected chi connectivity index (χ0v) is 13.8. The Balaban J connectivity index is 2.19. The van der Waals surface area contributed by atoms with E-state index in [2.05, 4.69) is 13.8 Å². The summed E-state index contributed by atoms with van der Waals surface area (Å²) in [7, 11) is 1.51. The highest BCUT2D eigenvalue weighted by molar-refractivity contribution is 6.31. The van der Waals surface area contributed by atoms with E-state index in [4.69, 9.17) is 9.47 Å². The fraction of sp³-hybridized carbons (Fsp3) is 0.353. The van der Waals surface area contributed by atoms with E-state index in [1.165, 1.54) is 13.2 Å². The van der Waals surface area contributed by atoms with Gasteiger partial charge in [0.2, 0.25) is 0 Å². The highest BCUT2D eigenvalue weighted by Gasteiger charge is 2.27. The van der Waals surface area contributed by atoms with Crippen molar-refractivity contribution >= 4 is 23.9 Å². The van der Waals surface area contributed by atoms with E-state index in [9.17, 15) is 14.4 Å². The van der Waals surface area contributed by atoms with Crippen molar-refractivity contribution in [3.05, 3.63) is 29.3 Å². The molecule has 24 heavy (non-hydrogen) atoms. The summed E-state index contributed by atoms with van der Waals surface area (Å²) >= 11 is 0. The number of urea groups is 1. The number of imide groups is 2. The summed E-state index contributed by atoms with van der Waals surface area (Å²) in [6.07, 6.45) is 2.31. The van der Waals surface area contributed by atoms with Gasteiger partial charge in [-0.1, -0.05) is 19.9 Å². The molecule has 0 unspecified atom stereocenters. The van der Waals surface area contributed by atoms with Crippen LogP contribution in [0.3, 0.4) is 0 Å². The van der Waals surface area contributed by atoms with E-state index in [0.717, 1.165) is 6.42 Å². The van der Waals surface area contributed by atoms with Gasteiger partial charge in [-0.25, -0.2) is 4.79 Å². The Morgan fingerprint density at radius 2 is 1.75 bits per heavy atom. The third-order valence-electron chi connectivity index (χ3n) is 3.39. The van der Waals surface area contributed by atoms with Crippen LogP contribution in [0.15, 0.2) is 23.8 Å². The lowest BCUT2D eigenvalue weighted by atomic mass is 10.1. The van der Waals surface area contributed by atoms with Gasteiger partial charge in [-0.3, -0.25) is 20.2 Å². The number of methoxy groups -OCH3 is 1. The second-order valence-electron chi connectivity index (χ2n) is 5.74. The van der Waals surface area contributed by atoms with Crippen LogP contribution in [-0.4, -0.2) is 31.6 Å². The van der Waals surface area contributed by atoms with E-state index in [0.29, 0.717) is 29.6 Å². The van der Waals surface area contributed by atoms with Gasteiger partial charge in [0, 0.05) is 0 Å². The van der Waals surface area contributed by atoms with Crippen LogP contribution in [0.5, 0.6) is 11.5 Å². The Bertz CT molecular complexity index is 672. The number of nitrogens with one attached hydrogen (secondary N) is 2. The molecule has 0 aromatic heterocycles. The van der Waals surface area contributed by atoms with Crippen LogP contribution in [-0.2, 0) is 9.59 Å². The number of rotatable bonds is 6. The lowest BCUT2D eigenvalue weighted by molar-refractivity contribution is -0.123. The van der Waals surface area contributed by atoms with E-state index in [-0.39, 0.29) is 5.57 Å². The Hall–Kier alpha value is -2.83. The van der Waals surface area contributed by atoms with Gasteiger partial charge in [-0.05, 0) is 36.1 Å². The maximum absolute atomic E-state index is 11.7. The van der Waals surface area contributed by atoms with Crippen molar-refractivity contribution in [2.24, 2.45) is 5.92 Å². The predicted octanol–water partition coefficient (Wildman–Crippen LogP) is 1.87. The van der Waals surface area contributed by atoms with Gasteiger partial charge in [-0.2, -0.15) is 0 Å². The van der Waals surface area contributed by atoms with E-state index < -0.39 is 17.8 Å². The number of barbiturate groups is 1. The van der Waals surface area contributed by atoms with Crippen LogP contribution >= 0.6 is 0 Å². The second kappa shape index (κ2) is 7.63. The minimum atomic E-state index is -0.825. The van der Waals surface area contributed by atoms with Crippen molar-refractivity contribution in [3.63, 3.8) is 0 Å². The van der Waals surface area contributed by atoms with Crippen molar-refractivity contribution in [2.75, 3.05) is 13.7 Å². The average Bonchev–Trinajstić information content (AvgIpc) is 2.51. The van der Waals surface area contributed by atoms with Crippen LogP contribution in [0.4, 0.5) is 4.79 Å². The lowest BCUT2D eigenvalue weighted by Crippen LogP contribution is -2.51. The molecule has 2 rings (SSSR count). The van der Waals surface area contributed by atoms with Crippen LogP contribution in [0, 0.1) is 5.92 Å². The number of carbonyl (C=O) groups is 3. The lowest BCUT2D eigenvalue weighted by Gasteiger charge is -2.15. The van der Waals surface area contributed by atoms with Crippen LogP contribution in [0.1, 0.15) is 25.8 Å². The smallest absolute Gasteiger partial charge is 0.328 e. The Kier molecular flexibility index (Phi) is 5.57. The molecular formula is C17H20N2O5. The van der Waals surface area contributed by atoms with Crippen molar-refractivity contribution in [1.29, 1.82) is 0 Å². The van der Waals surface area contributed by atoms with Crippen molar-refractivity contribution < 1.29 is 23.9 Å². The fourth-order valence-electron chi connectivity index (χ4n) is 2.07. The molecule has 4 amide bonds. The standard InChI is InChI=1S/C17H20N2O5/c1-10(2)6-7-24-13-5-4-11(9-14(13)23-3)8-12-15(20)18-17(22)19-16(12)21/h4-5,8-10H,6-7H2,1-3H3,(H2,18,19,20,21,22). The summed E-state index contributed by atoms with van der Waals surface area (Å²) in [6.45, 7) is 4.79. The molecular weight excluding hydrogens is 312 g/mol. The van der Waals surface area contributed by atoms with Gasteiger partial charge in [0.1, 0.15) is 5.57 Å². The first-order valence-electron chi connectivity index (χ1n) is 7.60. The van der Waals surface area contributed by atoms with Crippen LogP contribution in [0.2, 0.25) is 0 Å². The molecule has 1 fully saturated rings. The van der Waals surface area contributed by atoms with Gasteiger partial charge < -0.3 is 9.47 Å². The molecule has 1 aromatic carbocycles. The highest BCUT2D eigenvalue weighted by atomic mass is 16.5. The van der Waals surface area contributed by atoms with Crippen molar-refractivity contribution in [2.45, 2.75) is 20.3 Å². The Labute approximate surface area is 140 Å². The van der Waals surface area contributed by atoms with Gasteiger partial charge in [0.25, 0.3) is 11.8 Å². The molecule has 0 bridgehead atoms. The third kappa shape index (κ3) is 4.34. The van der Waals surface area contributed by atoms with Gasteiger partial charge in [0.15, 0.2) is 11.5 Å². The quantitative estimate of drug-likeness (QED) is 0.613. The summed E-state index contributed by atoms with van der Waals surface area (Å²) in [4.78, 5) is 34.5. The molecule has 7 heteroatoms. The topological polar surface area (TPSA) is 93.7 Å². The molecule has 1 aliphatic rings. The van der Waals surface area contributed by atoms with Gasteiger partial charge in [0.05, 0.1) is 13.7 Å². The van der Waals surface area contributed by atoms with Crippen molar-refractivity contribution in [1.82, 2.24) is 10.6 Å². The largest absolute Gasteiger partial charge is 0.493 e. The molecule has 2 N–H and O–H groups in total. The first-order chi connectivity index (χ1) is 11.4. The molecule has 128 valence electrons. The summed E-state index contributed by atoms with van der Waals surface area (Å²) in [5.41, 5.74) is 0.433. The minimum absolute atomic E-state index is 0.148. The second-order valence-corrected chi connectivity index (χ2v) is 5.74. The zero-order chi connectivity index (χ0) is 17.7. The normalized spacial score (nSPS) is 14.3. The first-order valence-corrected chi connectivity index (χ1v) is 7.60. The fourth-order valence-corrected chi connectivity index (χ4v) is 2.07. The minimum Gasteiger partial charge on any atom is -0.493 e. The number of benzene rings is 1. The summed E-state index contributed by atoms with van der Waals surface area (Å²) in [6, 6.07) is 4.26. The maximum Gasteiger partial charge on any atom is 0.328 e. The molecule has 7 nitrogen and oxygen atoms in total. The number of hydrogen-bond acceptors (Lipinski definition) is 5. The molecule has 0 radical (unpaired) electrons. The molecule has 0 aliphatic carbocycles. The summed E-state index contributed by atoms with van der Waals surface area (Å²) in [5, 5.41) is 4.05. The number of amides is 4. The van der Waals surface area contributed by atoms with E-state index in [1.807, 2.05) is 10.6 Å². The molecule has 1 aliphatic heterocycles. The molecule has 0 saturated carbocycles. The SMILES string of the molecule is COc1cc(C=C2C(=O)NC(=O)NC2=O)ccc1OCCC(C)C. The predicted molar refractivity (Wildman–Crippen MR) is 87.6 cm³/mol. The average molecular weight is 332 g/mol. The molecule has 1 aromatic rings. The van der Waals surface area contributed by atoms with E-state index >= 15 is 0 Å². The van der Waals surface area contributed by atoms with E-state index in [1.54, 1.807) is 18.2 Å². The number of ether oxygens (including phenoxy) is 2. The molecule has 0 atom stereocenters. The molecule has 1 saturated heterocycles. The Morgan fingerprint density at radius 3 is 2.33 bits per heavy atom. The van der Waals surface area contributed by atoms with Crippen molar-refractivity contribution in [3.8, 4) is 11.5 Å². The highest BCUT2D eigenvalue weighted by Crippen LogP contribution is 2.29. The molecule has 1 heterocycles. The monoisotopic (exact) mass is 332 g/mol. The number of hydrogen-bond donors (Lipinski definition) is 2. The Morgan fingerprint density at radius 1 is 1.08 bits per heavy atom. The van der Waals surface area contributed by atoms with Gasteiger partial charge in [-0.15, -0.1) is 0 Å². The van der Waals surface area contributed by atoms with Gasteiger partial charge >= 0.3 is 6.03 Å². The maximum atomic E-state index is 11.7. The zero-order valence-electron chi connectivity index (χ0n) is 13.8. The van der Waals surface area contributed by atoms with Crippen LogP contribution < -0.4 is 20.1 Å². The number of carbonyl (C=O) groups excluding carboxylic acids is 3. The third-order valence-corrected chi connectivity index (χ3v) is 3.39. The summed E-state index contributed by atoms with van der Waals surface area (Å²) in [5.74, 6) is 0.153. The molecule has 0 spiro atoms. The van der Waals surface area contributed by atoms with Crippen LogP contribution in [0.25, 0.3) is 6.08 Å². The first kappa shape index (κ1) is 17.5. The summed E-state index contributed by atoms with van der Waals surface area (Å²) < 4.78 is 11.0.